The smallest absolute Gasteiger partial charge is 0.378 e. The number of aliphatic hydroxyl groups excluding tert-OH is 1. The highest BCUT2D eigenvalue weighted by atomic mass is 31.1. The van der Waals surface area contributed by atoms with E-state index in [9.17, 15) is 4.57 Å². The van der Waals surface area contributed by atoms with Gasteiger partial charge in [0.25, 0.3) is 0 Å². The fourth-order valence-electron chi connectivity index (χ4n) is 0.357. The minimum atomic E-state index is -1.61. The summed E-state index contributed by atoms with van der Waals surface area (Å²) in [6, 6.07) is 1.62. The molecule has 56 valence electrons. The summed E-state index contributed by atoms with van der Waals surface area (Å²) < 4.78 is 14.9. The van der Waals surface area contributed by atoms with Crippen LogP contribution in [0, 0.1) is 11.3 Å². The number of aliphatic hydroxyl groups is 1. The van der Waals surface area contributed by atoms with Crippen molar-refractivity contribution in [2.75, 3.05) is 13.3 Å². The molecule has 2 atom stereocenters. The normalized spacial score (nSPS) is 13.9. The Balaban J connectivity index is 3.22. The predicted octanol–water partition coefficient (Wildman–Crippen LogP) is 0.650. The van der Waals surface area contributed by atoms with Crippen molar-refractivity contribution < 1.29 is 14.2 Å². The highest BCUT2D eigenvalue weighted by Crippen LogP contribution is 2.15. The van der Waals surface area contributed by atoms with Gasteiger partial charge < -0.3 is 5.11 Å². The second kappa shape index (κ2) is 5.31. The maximum absolute atomic E-state index is 10.3. The molecule has 0 saturated heterocycles. The van der Waals surface area contributed by atoms with Crippen LogP contribution < -0.4 is 0 Å². The molecule has 0 bridgehead atoms. The largest absolute Gasteiger partial charge is 0.504 e. The summed E-state index contributed by atoms with van der Waals surface area (Å²) >= 11 is 0. The lowest BCUT2D eigenvalue weighted by Crippen LogP contribution is -2.05. The van der Waals surface area contributed by atoms with Crippen LogP contribution in [0.4, 0.5) is 0 Å². The first-order valence-corrected chi connectivity index (χ1v) is 4.40. The van der Waals surface area contributed by atoms with E-state index in [-0.39, 0.29) is 13.0 Å². The number of rotatable bonds is 4. The third-order valence-electron chi connectivity index (χ3n) is 0.813. The van der Waals surface area contributed by atoms with Crippen molar-refractivity contribution in [2.24, 2.45) is 0 Å². The van der Waals surface area contributed by atoms with Crippen molar-refractivity contribution in [2.45, 2.75) is 12.5 Å². The first kappa shape index (κ1) is 9.51. The van der Waals surface area contributed by atoms with Crippen LogP contribution in [0.5, 0.6) is 0 Å². The van der Waals surface area contributed by atoms with Gasteiger partial charge >= 0.3 is 8.03 Å². The van der Waals surface area contributed by atoms with Crippen LogP contribution in [-0.2, 0) is 9.09 Å². The van der Waals surface area contributed by atoms with Crippen molar-refractivity contribution in [1.29, 1.82) is 5.26 Å². The Kier molecular flexibility index (Phi) is 5.05. The summed E-state index contributed by atoms with van der Waals surface area (Å²) in [6.45, 7) is 1.59. The van der Waals surface area contributed by atoms with Crippen molar-refractivity contribution in [3.63, 3.8) is 0 Å². The first-order valence-electron chi connectivity index (χ1n) is 2.78. The molecule has 0 fully saturated rings. The van der Waals surface area contributed by atoms with Gasteiger partial charge in [0.05, 0.1) is 6.07 Å². The minimum absolute atomic E-state index is 0.167. The highest BCUT2D eigenvalue weighted by Gasteiger charge is 2.08. The highest BCUT2D eigenvalue weighted by molar-refractivity contribution is 7.38. The number of nitrogens with zero attached hydrogens (tertiary/aromatic N) is 1. The van der Waals surface area contributed by atoms with Crippen molar-refractivity contribution >= 4 is 8.03 Å². The SMILES string of the molecule is C[P+](=O)OCCC(O)C#N. The van der Waals surface area contributed by atoms with E-state index in [1.165, 1.54) is 6.66 Å². The van der Waals surface area contributed by atoms with Crippen LogP contribution in [0.3, 0.4) is 0 Å². The molecule has 0 radical (unpaired) electrons. The Morgan fingerprint density at radius 2 is 2.50 bits per heavy atom. The average molecular weight is 162 g/mol. The van der Waals surface area contributed by atoms with Gasteiger partial charge in [0.2, 0.25) is 0 Å². The Hall–Kier alpha value is -0.490. The van der Waals surface area contributed by atoms with Gasteiger partial charge in [0, 0.05) is 6.42 Å². The van der Waals surface area contributed by atoms with E-state index >= 15 is 0 Å². The van der Waals surface area contributed by atoms with Gasteiger partial charge in [-0.15, -0.1) is 4.52 Å². The topological polar surface area (TPSA) is 70.3 Å². The van der Waals surface area contributed by atoms with E-state index in [0.717, 1.165) is 0 Å². The van der Waals surface area contributed by atoms with Gasteiger partial charge in [-0.2, -0.15) is 5.26 Å². The molecule has 4 nitrogen and oxygen atoms in total. The number of hydrogen-bond donors (Lipinski definition) is 1. The van der Waals surface area contributed by atoms with Gasteiger partial charge in [-0.3, -0.25) is 0 Å². The molecule has 0 rings (SSSR count). The summed E-state index contributed by atoms with van der Waals surface area (Å²) in [5.41, 5.74) is 0. The molecule has 0 spiro atoms. The molecule has 10 heavy (non-hydrogen) atoms. The lowest BCUT2D eigenvalue weighted by atomic mass is 10.3. The Morgan fingerprint density at radius 1 is 1.90 bits per heavy atom. The molecule has 0 aromatic carbocycles. The summed E-state index contributed by atoms with van der Waals surface area (Å²) in [6.07, 6.45) is -0.791. The summed E-state index contributed by atoms with van der Waals surface area (Å²) in [7, 11) is -1.61. The second-order valence-electron chi connectivity index (χ2n) is 1.71. The molecule has 0 aliphatic rings. The molecule has 0 aliphatic heterocycles. The third-order valence-corrected chi connectivity index (χ3v) is 1.36. The average Bonchev–Trinajstić information content (AvgIpc) is 1.87. The third kappa shape index (κ3) is 5.64. The van der Waals surface area contributed by atoms with Crippen molar-refractivity contribution in [3.05, 3.63) is 0 Å². The van der Waals surface area contributed by atoms with E-state index in [4.69, 9.17) is 10.4 Å². The molecule has 2 unspecified atom stereocenters. The second-order valence-corrected chi connectivity index (χ2v) is 2.84. The van der Waals surface area contributed by atoms with Gasteiger partial charge in [-0.1, -0.05) is 0 Å². The van der Waals surface area contributed by atoms with Gasteiger partial charge in [-0.05, 0) is 4.57 Å². The fourth-order valence-corrected chi connectivity index (χ4v) is 0.720. The Labute approximate surface area is 60.3 Å². The summed E-state index contributed by atoms with van der Waals surface area (Å²) in [5.74, 6) is 0. The molecule has 0 saturated carbocycles. The Morgan fingerprint density at radius 3 is 2.90 bits per heavy atom. The van der Waals surface area contributed by atoms with Crippen LogP contribution in [0.15, 0.2) is 0 Å². The van der Waals surface area contributed by atoms with Crippen molar-refractivity contribution in [1.82, 2.24) is 0 Å². The number of nitriles is 1. The lowest BCUT2D eigenvalue weighted by molar-refractivity contribution is 0.188. The lowest BCUT2D eigenvalue weighted by Gasteiger charge is -1.93. The van der Waals surface area contributed by atoms with E-state index in [2.05, 4.69) is 4.52 Å². The molecule has 0 amide bonds. The molecule has 5 heteroatoms. The maximum atomic E-state index is 10.3. The molecule has 1 N–H and O–H groups in total. The maximum Gasteiger partial charge on any atom is 0.504 e. The van der Waals surface area contributed by atoms with Gasteiger partial charge in [0.15, 0.2) is 6.66 Å². The molecular weight excluding hydrogens is 153 g/mol. The van der Waals surface area contributed by atoms with Crippen LogP contribution >= 0.6 is 8.03 Å². The van der Waals surface area contributed by atoms with E-state index in [0.29, 0.717) is 0 Å². The summed E-state index contributed by atoms with van der Waals surface area (Å²) in [5, 5.41) is 16.7. The zero-order valence-electron chi connectivity index (χ0n) is 5.65. The van der Waals surface area contributed by atoms with Crippen molar-refractivity contribution in [3.8, 4) is 6.07 Å². The summed E-state index contributed by atoms with van der Waals surface area (Å²) in [4.78, 5) is 0. The zero-order chi connectivity index (χ0) is 7.98. The molecule has 0 aromatic heterocycles. The standard InChI is InChI=1S/C5H9NO3P/c1-10(8)9-3-2-5(7)4-6/h5,7H,2-3H2,1H3/q+1. The van der Waals surface area contributed by atoms with Crippen LogP contribution in [0.2, 0.25) is 0 Å². The van der Waals surface area contributed by atoms with E-state index in [1.807, 2.05) is 0 Å². The van der Waals surface area contributed by atoms with Gasteiger partial charge in [-0.25, -0.2) is 0 Å². The molecule has 0 aromatic rings. The molecule has 0 aliphatic carbocycles. The minimum Gasteiger partial charge on any atom is -0.378 e. The first-order chi connectivity index (χ1) is 4.66. The Bertz CT molecular complexity index is 153. The predicted molar refractivity (Wildman–Crippen MR) is 35.7 cm³/mol. The zero-order valence-corrected chi connectivity index (χ0v) is 6.54. The monoisotopic (exact) mass is 162 g/mol. The molecule has 0 heterocycles. The van der Waals surface area contributed by atoms with Crippen LogP contribution in [0.1, 0.15) is 6.42 Å². The quantitative estimate of drug-likeness (QED) is 0.486. The van der Waals surface area contributed by atoms with E-state index < -0.39 is 14.1 Å². The van der Waals surface area contributed by atoms with Crippen LogP contribution in [-0.4, -0.2) is 24.5 Å². The van der Waals surface area contributed by atoms with Gasteiger partial charge in [0.1, 0.15) is 12.7 Å². The molecular formula is C5H9NO3P+. The number of hydrogen-bond acceptors (Lipinski definition) is 4. The fraction of sp³-hybridized carbons (Fsp3) is 0.800. The van der Waals surface area contributed by atoms with Crippen LogP contribution in [0.25, 0.3) is 0 Å². The van der Waals surface area contributed by atoms with E-state index in [1.54, 1.807) is 6.07 Å².